The van der Waals surface area contributed by atoms with Gasteiger partial charge in [-0.2, -0.15) is 4.68 Å². The Labute approximate surface area is 188 Å². The second kappa shape index (κ2) is 9.81. The third kappa shape index (κ3) is 5.07. The minimum absolute atomic E-state index is 0.00388. The zero-order chi connectivity index (χ0) is 22.5. The number of nitrogens with zero attached hydrogens (tertiary/aromatic N) is 3. The normalized spacial score (nSPS) is 14.4. The van der Waals surface area contributed by atoms with Crippen LogP contribution in [0.2, 0.25) is 0 Å². The first-order valence-electron chi connectivity index (χ1n) is 11.3. The molecule has 0 atom stereocenters. The number of amides is 1. The van der Waals surface area contributed by atoms with Gasteiger partial charge in [0.05, 0.1) is 5.69 Å². The van der Waals surface area contributed by atoms with Crippen LogP contribution < -0.4 is 15.8 Å². The van der Waals surface area contributed by atoms with Gasteiger partial charge in [-0.05, 0) is 55.5 Å². The van der Waals surface area contributed by atoms with Crippen LogP contribution in [0, 0.1) is 12.8 Å². The zero-order valence-corrected chi connectivity index (χ0v) is 18.8. The first-order valence-corrected chi connectivity index (χ1v) is 11.3. The number of hydrogen-bond acceptors (Lipinski definition) is 4. The number of carbonyl (C=O) groups excluding carboxylic acids is 1. The monoisotopic (exact) mass is 430 g/mol. The molecule has 2 aromatic carbocycles. The van der Waals surface area contributed by atoms with Crippen molar-refractivity contribution in [2.45, 2.75) is 39.7 Å². The van der Waals surface area contributed by atoms with Crippen molar-refractivity contribution in [1.29, 1.82) is 0 Å². The van der Waals surface area contributed by atoms with E-state index in [-0.39, 0.29) is 17.4 Å². The van der Waals surface area contributed by atoms with E-state index >= 15 is 0 Å². The van der Waals surface area contributed by atoms with Gasteiger partial charge in [-0.1, -0.05) is 48.9 Å². The van der Waals surface area contributed by atoms with Crippen LogP contribution in [-0.2, 0) is 17.8 Å². The maximum Gasteiger partial charge on any atom is 0.271 e. The molecule has 0 saturated carbocycles. The second-order valence-electron chi connectivity index (χ2n) is 8.43. The molecule has 1 aromatic heterocycles. The third-order valence-corrected chi connectivity index (χ3v) is 6.15. The molecule has 32 heavy (non-hydrogen) atoms. The molecule has 0 radical (unpaired) electrons. The van der Waals surface area contributed by atoms with Gasteiger partial charge in [0.2, 0.25) is 5.91 Å². The summed E-state index contributed by atoms with van der Waals surface area (Å²) < 4.78 is 1.45. The molecule has 1 fully saturated rings. The molecule has 0 spiro atoms. The smallest absolute Gasteiger partial charge is 0.271 e. The summed E-state index contributed by atoms with van der Waals surface area (Å²) in [6.07, 6.45) is 2.49. The zero-order valence-electron chi connectivity index (χ0n) is 18.8. The minimum Gasteiger partial charge on any atom is -0.355 e. The Morgan fingerprint density at radius 1 is 0.969 bits per heavy atom. The van der Waals surface area contributed by atoms with Gasteiger partial charge in [0.15, 0.2) is 0 Å². The highest BCUT2D eigenvalue weighted by Crippen LogP contribution is 2.22. The molecule has 6 nitrogen and oxygen atoms in total. The van der Waals surface area contributed by atoms with E-state index in [1.165, 1.54) is 15.8 Å². The summed E-state index contributed by atoms with van der Waals surface area (Å²) in [4.78, 5) is 27.2. The number of nitrogens with one attached hydrogen (secondary N) is 1. The van der Waals surface area contributed by atoms with Crippen LogP contribution in [0.25, 0.3) is 5.69 Å². The van der Waals surface area contributed by atoms with Crippen molar-refractivity contribution in [1.82, 2.24) is 15.1 Å². The maximum absolute atomic E-state index is 12.6. The number of hydrogen-bond donors (Lipinski definition) is 1. The predicted molar refractivity (Wildman–Crippen MR) is 127 cm³/mol. The van der Waals surface area contributed by atoms with Crippen molar-refractivity contribution in [2.75, 3.05) is 18.0 Å². The minimum atomic E-state index is -0.150. The molecule has 0 bridgehead atoms. The van der Waals surface area contributed by atoms with E-state index in [0.29, 0.717) is 6.54 Å². The highest BCUT2D eigenvalue weighted by Gasteiger charge is 2.25. The van der Waals surface area contributed by atoms with E-state index < -0.39 is 0 Å². The molecular weight excluding hydrogens is 400 g/mol. The molecule has 1 amide bonds. The molecule has 0 unspecified atom stereocenters. The van der Waals surface area contributed by atoms with Crippen molar-refractivity contribution >= 4 is 11.7 Å². The molecule has 0 aliphatic carbocycles. The largest absolute Gasteiger partial charge is 0.355 e. The molecule has 1 saturated heterocycles. The van der Waals surface area contributed by atoms with Crippen molar-refractivity contribution in [3.05, 3.63) is 87.7 Å². The number of anilines is 1. The Morgan fingerprint density at radius 2 is 1.62 bits per heavy atom. The van der Waals surface area contributed by atoms with Gasteiger partial charge in [-0.25, -0.2) is 0 Å². The quantitative estimate of drug-likeness (QED) is 0.648. The molecule has 2 heterocycles. The summed E-state index contributed by atoms with van der Waals surface area (Å²) >= 11 is 0. The summed E-state index contributed by atoms with van der Waals surface area (Å²) in [6.45, 7) is 6.19. The summed E-state index contributed by atoms with van der Waals surface area (Å²) in [6, 6.07) is 19.5. The average Bonchev–Trinajstić information content (AvgIpc) is 2.84. The van der Waals surface area contributed by atoms with E-state index in [4.69, 9.17) is 0 Å². The predicted octanol–water partition coefficient (Wildman–Crippen LogP) is 3.64. The Morgan fingerprint density at radius 3 is 2.28 bits per heavy atom. The van der Waals surface area contributed by atoms with E-state index in [2.05, 4.69) is 53.4 Å². The van der Waals surface area contributed by atoms with Crippen LogP contribution in [0.3, 0.4) is 0 Å². The molecule has 1 aliphatic rings. The van der Waals surface area contributed by atoms with E-state index in [9.17, 15) is 9.59 Å². The number of aryl methyl sites for hydroxylation is 2. The highest BCUT2D eigenvalue weighted by atomic mass is 16.2. The number of benzene rings is 2. The molecule has 3 aromatic rings. The lowest BCUT2D eigenvalue weighted by molar-refractivity contribution is -0.125. The fourth-order valence-electron chi connectivity index (χ4n) is 4.04. The topological polar surface area (TPSA) is 67.2 Å². The van der Waals surface area contributed by atoms with Crippen LogP contribution in [0.1, 0.15) is 36.5 Å². The first-order chi connectivity index (χ1) is 15.5. The van der Waals surface area contributed by atoms with Gasteiger partial charge < -0.3 is 10.2 Å². The lowest BCUT2D eigenvalue weighted by Gasteiger charge is -2.32. The van der Waals surface area contributed by atoms with Gasteiger partial charge in [-0.15, -0.1) is 5.10 Å². The third-order valence-electron chi connectivity index (χ3n) is 6.15. The maximum atomic E-state index is 12.6. The van der Waals surface area contributed by atoms with Gasteiger partial charge in [0.25, 0.3) is 5.56 Å². The summed E-state index contributed by atoms with van der Waals surface area (Å²) in [7, 11) is 0. The molecule has 6 heteroatoms. The van der Waals surface area contributed by atoms with Crippen molar-refractivity contribution < 1.29 is 4.79 Å². The fourth-order valence-corrected chi connectivity index (χ4v) is 4.04. The lowest BCUT2D eigenvalue weighted by Crippen LogP contribution is -2.41. The molecule has 1 N–H and O–H groups in total. The number of rotatable bonds is 6. The highest BCUT2D eigenvalue weighted by molar-refractivity contribution is 5.79. The summed E-state index contributed by atoms with van der Waals surface area (Å²) in [5, 5.41) is 7.68. The second-order valence-corrected chi connectivity index (χ2v) is 8.43. The number of aromatic nitrogens is 2. The van der Waals surface area contributed by atoms with Crippen LogP contribution in [0.15, 0.2) is 65.5 Å². The van der Waals surface area contributed by atoms with Crippen molar-refractivity contribution in [2.24, 2.45) is 5.92 Å². The Hall–Kier alpha value is -3.41. The Bertz CT molecular complexity index is 1110. The molecular formula is C26H30N4O2. The van der Waals surface area contributed by atoms with Gasteiger partial charge >= 0.3 is 0 Å². The molecule has 4 rings (SSSR count). The van der Waals surface area contributed by atoms with E-state index in [1.54, 1.807) is 12.1 Å². The van der Waals surface area contributed by atoms with E-state index in [1.807, 2.05) is 24.3 Å². The van der Waals surface area contributed by atoms with Gasteiger partial charge in [0.1, 0.15) is 5.82 Å². The summed E-state index contributed by atoms with van der Waals surface area (Å²) in [5.74, 6) is 0.881. The molecule has 166 valence electrons. The number of carbonyl (C=O) groups is 1. The number of piperidine rings is 1. The van der Waals surface area contributed by atoms with Gasteiger partial charge in [-0.3, -0.25) is 9.59 Å². The van der Waals surface area contributed by atoms with Crippen LogP contribution >= 0.6 is 0 Å². The SMILES string of the molecule is CCc1ccc(-n2nc(N3CCC(C(=O)NCc4ccc(C)cc4)CC3)ccc2=O)cc1. The van der Waals surface area contributed by atoms with Gasteiger partial charge in [0, 0.05) is 31.6 Å². The fraction of sp³-hybridized carbons (Fsp3) is 0.346. The average molecular weight is 431 g/mol. The van der Waals surface area contributed by atoms with Crippen LogP contribution in [-0.4, -0.2) is 28.8 Å². The summed E-state index contributed by atoms with van der Waals surface area (Å²) in [5.41, 5.74) is 4.16. The first kappa shape index (κ1) is 21.8. The van der Waals surface area contributed by atoms with Crippen molar-refractivity contribution in [3.8, 4) is 5.69 Å². The van der Waals surface area contributed by atoms with Crippen LogP contribution in [0.4, 0.5) is 5.82 Å². The standard InChI is InChI=1S/C26H30N4O2/c1-3-20-8-10-23(11-9-20)30-25(31)13-12-24(28-30)29-16-14-22(15-17-29)26(32)27-18-21-6-4-19(2)5-7-21/h4-13,22H,3,14-18H2,1-2H3,(H,27,32). The Balaban J connectivity index is 1.36. The van der Waals surface area contributed by atoms with E-state index in [0.717, 1.165) is 49.4 Å². The van der Waals surface area contributed by atoms with Crippen molar-refractivity contribution in [3.63, 3.8) is 0 Å². The lowest BCUT2D eigenvalue weighted by atomic mass is 9.96. The Kier molecular flexibility index (Phi) is 6.69. The molecule has 1 aliphatic heterocycles. The van der Waals surface area contributed by atoms with Crippen LogP contribution in [0.5, 0.6) is 0 Å².